The summed E-state index contributed by atoms with van der Waals surface area (Å²) in [6, 6.07) is 18.6. The minimum Gasteiger partial charge on any atom is -0.495 e. The molecular weight excluding hydrogens is 526 g/mol. The number of hydrogen-bond acceptors (Lipinski definition) is 5. The van der Waals surface area contributed by atoms with Gasteiger partial charge in [-0.3, -0.25) is 13.9 Å². The van der Waals surface area contributed by atoms with Crippen LogP contribution in [0, 0.1) is 20.8 Å². The fourth-order valence-corrected chi connectivity index (χ4v) is 5.98. The third kappa shape index (κ3) is 7.21. The van der Waals surface area contributed by atoms with Crippen LogP contribution in [0.1, 0.15) is 42.5 Å². The third-order valence-corrected chi connectivity index (χ3v) is 8.44. The van der Waals surface area contributed by atoms with Crippen LogP contribution in [0.3, 0.4) is 0 Å². The van der Waals surface area contributed by atoms with Gasteiger partial charge < -0.3 is 15.0 Å². The summed E-state index contributed by atoms with van der Waals surface area (Å²) in [5.74, 6) is -0.471. The van der Waals surface area contributed by atoms with Gasteiger partial charge in [0.15, 0.2) is 0 Å². The molecular formula is C31H39N3O5S. The monoisotopic (exact) mass is 565 g/mol. The minimum atomic E-state index is -4.19. The molecule has 3 aromatic carbocycles. The van der Waals surface area contributed by atoms with Crippen LogP contribution in [0.25, 0.3) is 0 Å². The molecule has 0 saturated heterocycles. The van der Waals surface area contributed by atoms with Gasteiger partial charge in [0, 0.05) is 13.1 Å². The summed E-state index contributed by atoms with van der Waals surface area (Å²) >= 11 is 0. The number of ether oxygens (including phenoxy) is 1. The van der Waals surface area contributed by atoms with E-state index < -0.39 is 28.5 Å². The molecule has 0 unspecified atom stereocenters. The number of rotatable bonds is 12. The molecule has 1 N–H and O–H groups in total. The number of likely N-dealkylation sites (N-methyl/N-ethyl adjacent to an activating group) is 1. The molecule has 40 heavy (non-hydrogen) atoms. The SMILES string of the molecule is CCNC(=O)[C@H](CC)N(Cc1cccc(C)c1)C(=O)CN(c1cc(C)ccc1OC)S(=O)(=O)c1ccc(C)cc1. The first kappa shape index (κ1) is 30.7. The summed E-state index contributed by atoms with van der Waals surface area (Å²) in [7, 11) is -2.73. The van der Waals surface area contributed by atoms with Gasteiger partial charge in [-0.05, 0) is 69.5 Å². The Hall–Kier alpha value is -3.85. The Kier molecular flexibility index (Phi) is 10.3. The fourth-order valence-electron chi connectivity index (χ4n) is 4.56. The lowest BCUT2D eigenvalue weighted by atomic mass is 10.1. The van der Waals surface area contributed by atoms with Crippen LogP contribution in [0.2, 0.25) is 0 Å². The molecule has 0 aromatic heterocycles. The number of nitrogens with one attached hydrogen (secondary N) is 1. The first-order chi connectivity index (χ1) is 19.0. The zero-order valence-electron chi connectivity index (χ0n) is 24.1. The number of carbonyl (C=O) groups excluding carboxylic acids is 2. The minimum absolute atomic E-state index is 0.0514. The predicted octanol–water partition coefficient (Wildman–Crippen LogP) is 4.76. The lowest BCUT2D eigenvalue weighted by Crippen LogP contribution is -2.52. The van der Waals surface area contributed by atoms with Gasteiger partial charge in [-0.25, -0.2) is 8.42 Å². The van der Waals surface area contributed by atoms with Gasteiger partial charge in [0.05, 0.1) is 17.7 Å². The Morgan fingerprint density at radius 1 is 0.900 bits per heavy atom. The fraction of sp³-hybridized carbons (Fsp3) is 0.355. The van der Waals surface area contributed by atoms with E-state index in [0.717, 1.165) is 26.6 Å². The Morgan fingerprint density at radius 2 is 1.55 bits per heavy atom. The number of benzene rings is 3. The van der Waals surface area contributed by atoms with E-state index in [1.807, 2.05) is 65.0 Å². The highest BCUT2D eigenvalue weighted by atomic mass is 32.2. The van der Waals surface area contributed by atoms with Crippen molar-refractivity contribution in [2.24, 2.45) is 0 Å². The quantitative estimate of drug-likeness (QED) is 0.342. The molecule has 214 valence electrons. The molecule has 9 heteroatoms. The Labute approximate surface area is 238 Å². The molecule has 0 aliphatic heterocycles. The van der Waals surface area contributed by atoms with Crippen LogP contribution in [-0.2, 0) is 26.2 Å². The van der Waals surface area contributed by atoms with E-state index in [4.69, 9.17) is 4.74 Å². The normalized spacial score (nSPS) is 11.9. The van der Waals surface area contributed by atoms with E-state index in [1.54, 1.807) is 24.3 Å². The van der Waals surface area contributed by atoms with Gasteiger partial charge in [0.25, 0.3) is 10.0 Å². The van der Waals surface area contributed by atoms with Crippen LogP contribution < -0.4 is 14.4 Å². The van der Waals surface area contributed by atoms with Crippen molar-refractivity contribution in [2.45, 2.75) is 58.5 Å². The second-order valence-corrected chi connectivity index (χ2v) is 11.7. The Balaban J connectivity index is 2.13. The second kappa shape index (κ2) is 13.5. The number of sulfonamides is 1. The number of carbonyl (C=O) groups is 2. The molecule has 0 heterocycles. The van der Waals surface area contributed by atoms with Gasteiger partial charge in [-0.2, -0.15) is 0 Å². The lowest BCUT2D eigenvalue weighted by Gasteiger charge is -2.33. The highest BCUT2D eigenvalue weighted by Gasteiger charge is 2.34. The van der Waals surface area contributed by atoms with Crippen molar-refractivity contribution in [2.75, 3.05) is 24.5 Å². The van der Waals surface area contributed by atoms with E-state index in [1.165, 1.54) is 24.1 Å². The van der Waals surface area contributed by atoms with Crippen LogP contribution >= 0.6 is 0 Å². The zero-order chi connectivity index (χ0) is 29.4. The van der Waals surface area contributed by atoms with Crippen LogP contribution in [0.4, 0.5) is 5.69 Å². The second-order valence-electron chi connectivity index (χ2n) is 9.83. The number of aryl methyl sites for hydroxylation is 3. The summed E-state index contributed by atoms with van der Waals surface area (Å²) < 4.78 is 34.8. The average molecular weight is 566 g/mol. The maximum atomic E-state index is 14.1. The van der Waals surface area contributed by atoms with E-state index in [-0.39, 0.29) is 23.0 Å². The van der Waals surface area contributed by atoms with Crippen molar-refractivity contribution in [3.8, 4) is 5.75 Å². The van der Waals surface area contributed by atoms with Crippen molar-refractivity contribution >= 4 is 27.5 Å². The van der Waals surface area contributed by atoms with Crippen LogP contribution in [-0.4, -0.2) is 51.4 Å². The smallest absolute Gasteiger partial charge is 0.264 e. The first-order valence-corrected chi connectivity index (χ1v) is 14.8. The molecule has 0 aliphatic carbocycles. The van der Waals surface area contributed by atoms with E-state index in [9.17, 15) is 18.0 Å². The van der Waals surface area contributed by atoms with Crippen LogP contribution in [0.15, 0.2) is 71.6 Å². The molecule has 0 bridgehead atoms. The largest absolute Gasteiger partial charge is 0.495 e. The van der Waals surface area contributed by atoms with Crippen molar-refractivity contribution in [3.63, 3.8) is 0 Å². The van der Waals surface area contributed by atoms with Gasteiger partial charge >= 0.3 is 0 Å². The molecule has 0 radical (unpaired) electrons. The van der Waals surface area contributed by atoms with Gasteiger partial charge in [0.2, 0.25) is 11.8 Å². The molecule has 3 rings (SSSR count). The molecule has 0 fully saturated rings. The van der Waals surface area contributed by atoms with Gasteiger partial charge in [-0.15, -0.1) is 0 Å². The molecule has 0 spiro atoms. The third-order valence-electron chi connectivity index (χ3n) is 6.66. The van der Waals surface area contributed by atoms with E-state index in [2.05, 4.69) is 5.32 Å². The first-order valence-electron chi connectivity index (χ1n) is 13.4. The molecule has 1 atom stereocenters. The zero-order valence-corrected chi connectivity index (χ0v) is 24.9. The topological polar surface area (TPSA) is 96.0 Å². The van der Waals surface area contributed by atoms with Gasteiger partial charge in [0.1, 0.15) is 18.3 Å². The van der Waals surface area contributed by atoms with Crippen molar-refractivity contribution in [1.29, 1.82) is 0 Å². The highest BCUT2D eigenvalue weighted by molar-refractivity contribution is 7.92. The average Bonchev–Trinajstić information content (AvgIpc) is 2.91. The number of nitrogens with zero attached hydrogens (tertiary/aromatic N) is 2. The van der Waals surface area contributed by atoms with Crippen molar-refractivity contribution < 1.29 is 22.7 Å². The predicted molar refractivity (Wildman–Crippen MR) is 158 cm³/mol. The van der Waals surface area contributed by atoms with Crippen molar-refractivity contribution in [3.05, 3.63) is 89.0 Å². The van der Waals surface area contributed by atoms with Crippen molar-refractivity contribution in [1.82, 2.24) is 10.2 Å². The molecule has 8 nitrogen and oxygen atoms in total. The van der Waals surface area contributed by atoms with Crippen LogP contribution in [0.5, 0.6) is 5.75 Å². The summed E-state index contributed by atoms with van der Waals surface area (Å²) in [4.78, 5) is 28.7. The lowest BCUT2D eigenvalue weighted by molar-refractivity contribution is -0.140. The number of hydrogen-bond donors (Lipinski definition) is 1. The molecule has 0 aliphatic rings. The maximum absolute atomic E-state index is 14.1. The summed E-state index contributed by atoms with van der Waals surface area (Å²) in [5.41, 5.74) is 3.82. The molecule has 2 amide bonds. The van der Waals surface area contributed by atoms with E-state index in [0.29, 0.717) is 18.7 Å². The molecule has 3 aromatic rings. The number of amides is 2. The Morgan fingerprint density at radius 3 is 2.15 bits per heavy atom. The maximum Gasteiger partial charge on any atom is 0.264 e. The van der Waals surface area contributed by atoms with E-state index >= 15 is 0 Å². The summed E-state index contributed by atoms with van der Waals surface area (Å²) in [6.45, 7) is 9.37. The summed E-state index contributed by atoms with van der Waals surface area (Å²) in [5, 5.41) is 2.82. The summed E-state index contributed by atoms with van der Waals surface area (Å²) in [6.07, 6.45) is 0.363. The Bertz CT molecular complexity index is 1440. The highest BCUT2D eigenvalue weighted by Crippen LogP contribution is 2.34. The standard InChI is InChI=1S/C31H39N3O5S/c1-7-27(31(36)32-8-2)33(20-25-11-9-10-23(4)18-25)30(35)21-34(28-19-24(5)14-17-29(28)39-6)40(37,38)26-15-12-22(3)13-16-26/h9-19,27H,7-8,20-21H2,1-6H3,(H,32,36)/t27-/m0/s1. The van der Waals surface area contributed by atoms with Gasteiger partial charge in [-0.1, -0.05) is 60.5 Å². The number of methoxy groups -OCH3 is 1. The number of anilines is 1. The molecule has 0 saturated carbocycles.